The molecule has 168 valence electrons. The molecule has 2 amide bonds. The molecule has 3 aromatic carbocycles. The molecule has 0 radical (unpaired) electrons. The van der Waals surface area contributed by atoms with Crippen LogP contribution in [0.4, 0.5) is 10.1 Å². The summed E-state index contributed by atoms with van der Waals surface area (Å²) < 4.78 is 20.8. The van der Waals surface area contributed by atoms with Crippen molar-refractivity contribution >= 4 is 40.7 Å². The van der Waals surface area contributed by atoms with Gasteiger partial charge >= 0.3 is 0 Å². The summed E-state index contributed by atoms with van der Waals surface area (Å²) in [5, 5.41) is 0.440. The number of nitrogens with zero attached hydrogens (tertiary/aromatic N) is 1. The lowest BCUT2D eigenvalue weighted by Gasteiger charge is -2.27. The van der Waals surface area contributed by atoms with E-state index in [0.717, 1.165) is 11.0 Å². The first-order valence-electron chi connectivity index (χ1n) is 10.6. The maximum Gasteiger partial charge on any atom is 0.241 e. The number of ketones is 2. The van der Waals surface area contributed by atoms with E-state index < -0.39 is 52.7 Å². The highest BCUT2D eigenvalue weighted by molar-refractivity contribution is 6.37. The van der Waals surface area contributed by atoms with Crippen LogP contribution in [-0.4, -0.2) is 29.0 Å². The number of carbonyl (C=O) groups excluding carboxylic acids is 4. The first-order valence-corrected chi connectivity index (χ1v) is 11.0. The van der Waals surface area contributed by atoms with E-state index in [1.807, 2.05) is 0 Å². The number of ether oxygens (including phenoxy) is 1. The van der Waals surface area contributed by atoms with Gasteiger partial charge in [0, 0.05) is 16.1 Å². The van der Waals surface area contributed by atoms with Gasteiger partial charge in [0.05, 0.1) is 23.6 Å². The van der Waals surface area contributed by atoms with Gasteiger partial charge in [0.25, 0.3) is 0 Å². The first-order chi connectivity index (χ1) is 16.4. The highest BCUT2D eigenvalue weighted by Gasteiger charge is 2.74. The molecule has 3 aromatic rings. The molecule has 0 N–H and O–H groups in total. The molecule has 0 saturated carbocycles. The monoisotopic (exact) mass is 475 g/mol. The average molecular weight is 476 g/mol. The van der Waals surface area contributed by atoms with Crippen LogP contribution in [0.25, 0.3) is 0 Å². The standard InChI is InChI=1S/C26H15ClFNO5/c27-14-11-9-13(10-12-14)21-19-20(25(33)29(24(19)32)18-8-4-3-7-17(18)28)26(34-21)22(30)15-5-1-2-6-16(15)23(26)31/h1-12,19-21H/t19-,20-,21+/m1/s1. The van der Waals surface area contributed by atoms with E-state index in [1.54, 1.807) is 36.4 Å². The molecule has 2 heterocycles. The normalized spacial score (nSPS) is 24.8. The second-order valence-electron chi connectivity index (χ2n) is 8.50. The van der Waals surface area contributed by atoms with Crippen LogP contribution in [0.15, 0.2) is 72.8 Å². The third-order valence-electron chi connectivity index (χ3n) is 6.81. The van der Waals surface area contributed by atoms with Crippen LogP contribution in [0.3, 0.4) is 0 Å². The summed E-state index contributed by atoms with van der Waals surface area (Å²) in [7, 11) is 0. The summed E-state index contributed by atoms with van der Waals surface area (Å²) in [6, 6.07) is 18.0. The largest absolute Gasteiger partial charge is 0.349 e. The van der Waals surface area contributed by atoms with Gasteiger partial charge < -0.3 is 4.74 Å². The van der Waals surface area contributed by atoms with Crippen LogP contribution in [0.1, 0.15) is 32.4 Å². The molecule has 2 saturated heterocycles. The first kappa shape index (κ1) is 20.9. The molecule has 3 atom stereocenters. The molecule has 2 fully saturated rings. The Labute approximate surface area is 197 Å². The zero-order valence-electron chi connectivity index (χ0n) is 17.4. The summed E-state index contributed by atoms with van der Waals surface area (Å²) in [6.07, 6.45) is -1.09. The fraction of sp³-hybridized carbons (Fsp3) is 0.154. The lowest BCUT2D eigenvalue weighted by atomic mass is 9.77. The maximum absolute atomic E-state index is 14.6. The molecule has 0 aromatic heterocycles. The van der Waals surface area contributed by atoms with Gasteiger partial charge in [-0.1, -0.05) is 60.1 Å². The number of rotatable bonds is 2. The Bertz CT molecular complexity index is 1380. The molecule has 1 aliphatic carbocycles. The number of para-hydroxylation sites is 1. The Balaban J connectivity index is 1.56. The van der Waals surface area contributed by atoms with Crippen molar-refractivity contribution in [3.05, 3.63) is 100 Å². The number of halogens is 2. The Morgan fingerprint density at radius 2 is 1.38 bits per heavy atom. The van der Waals surface area contributed by atoms with Crippen LogP contribution < -0.4 is 4.90 Å². The molecular formula is C26H15ClFNO5. The topological polar surface area (TPSA) is 80.8 Å². The number of anilines is 1. The third-order valence-corrected chi connectivity index (χ3v) is 7.06. The van der Waals surface area contributed by atoms with E-state index in [0.29, 0.717) is 10.6 Å². The maximum atomic E-state index is 14.6. The number of Topliss-reactive ketones (excluding diaryl/α,β-unsaturated/α-hetero) is 2. The van der Waals surface area contributed by atoms with Crippen molar-refractivity contribution in [1.29, 1.82) is 0 Å². The van der Waals surface area contributed by atoms with E-state index in [4.69, 9.17) is 16.3 Å². The highest BCUT2D eigenvalue weighted by atomic mass is 35.5. The lowest BCUT2D eigenvalue weighted by Crippen LogP contribution is -2.51. The SMILES string of the molecule is O=C1[C@H]2[C@H](c3ccc(Cl)cc3)OC3(C(=O)c4ccccc4C3=O)[C@H]2C(=O)N1c1ccccc1F. The summed E-state index contributed by atoms with van der Waals surface area (Å²) >= 11 is 6.01. The van der Waals surface area contributed by atoms with Crippen molar-refractivity contribution in [2.75, 3.05) is 4.90 Å². The van der Waals surface area contributed by atoms with Crippen molar-refractivity contribution in [2.24, 2.45) is 11.8 Å². The summed E-state index contributed by atoms with van der Waals surface area (Å²) in [4.78, 5) is 55.4. The lowest BCUT2D eigenvalue weighted by molar-refractivity contribution is -0.127. The van der Waals surface area contributed by atoms with Gasteiger partial charge in [-0.3, -0.25) is 19.2 Å². The molecule has 6 nitrogen and oxygen atoms in total. The summed E-state index contributed by atoms with van der Waals surface area (Å²) in [6.45, 7) is 0. The number of fused-ring (bicyclic) bond motifs is 3. The van der Waals surface area contributed by atoms with Crippen molar-refractivity contribution in [3.8, 4) is 0 Å². The Morgan fingerprint density at radius 3 is 2.00 bits per heavy atom. The quantitative estimate of drug-likeness (QED) is 0.410. The molecule has 3 aliphatic rings. The van der Waals surface area contributed by atoms with Crippen molar-refractivity contribution < 1.29 is 28.3 Å². The number of hydrogen-bond donors (Lipinski definition) is 0. The van der Waals surface area contributed by atoms with Crippen LogP contribution in [-0.2, 0) is 14.3 Å². The fourth-order valence-corrected chi connectivity index (χ4v) is 5.47. The van der Waals surface area contributed by atoms with E-state index >= 15 is 0 Å². The number of carbonyl (C=O) groups is 4. The fourth-order valence-electron chi connectivity index (χ4n) is 5.34. The van der Waals surface area contributed by atoms with Gasteiger partial charge in [-0.25, -0.2) is 9.29 Å². The van der Waals surface area contributed by atoms with Crippen molar-refractivity contribution in [1.82, 2.24) is 0 Å². The molecule has 8 heteroatoms. The predicted octanol–water partition coefficient (Wildman–Crippen LogP) is 4.17. The zero-order chi connectivity index (χ0) is 23.8. The van der Waals surface area contributed by atoms with Crippen LogP contribution in [0.5, 0.6) is 0 Å². The van der Waals surface area contributed by atoms with E-state index in [-0.39, 0.29) is 16.8 Å². The summed E-state index contributed by atoms with van der Waals surface area (Å²) in [5.74, 6) is -6.32. The number of imide groups is 1. The van der Waals surface area contributed by atoms with Crippen LogP contribution in [0, 0.1) is 17.7 Å². The minimum absolute atomic E-state index is 0.132. The molecular weight excluding hydrogens is 461 g/mol. The van der Waals surface area contributed by atoms with Gasteiger partial charge in [-0.2, -0.15) is 0 Å². The second kappa shape index (κ2) is 7.16. The van der Waals surface area contributed by atoms with Gasteiger partial charge in [0.1, 0.15) is 5.82 Å². The Kier molecular flexibility index (Phi) is 4.40. The van der Waals surface area contributed by atoms with Gasteiger partial charge in [0.15, 0.2) is 0 Å². The molecule has 0 bridgehead atoms. The average Bonchev–Trinajstić information content (AvgIpc) is 3.40. The molecule has 0 unspecified atom stereocenters. The van der Waals surface area contributed by atoms with Crippen LogP contribution in [0.2, 0.25) is 5.02 Å². The van der Waals surface area contributed by atoms with Crippen molar-refractivity contribution in [3.63, 3.8) is 0 Å². The number of hydrogen-bond acceptors (Lipinski definition) is 5. The molecule has 6 rings (SSSR count). The Morgan fingerprint density at radius 1 is 0.794 bits per heavy atom. The van der Waals surface area contributed by atoms with E-state index in [2.05, 4.69) is 0 Å². The third kappa shape index (κ3) is 2.53. The smallest absolute Gasteiger partial charge is 0.241 e. The molecule has 1 spiro atoms. The number of benzene rings is 3. The second-order valence-corrected chi connectivity index (χ2v) is 8.93. The number of amides is 2. The highest BCUT2D eigenvalue weighted by Crippen LogP contribution is 2.57. The van der Waals surface area contributed by atoms with E-state index in [9.17, 15) is 23.6 Å². The minimum Gasteiger partial charge on any atom is -0.349 e. The van der Waals surface area contributed by atoms with Crippen LogP contribution >= 0.6 is 11.6 Å². The Hall–Kier alpha value is -3.68. The minimum atomic E-state index is -2.20. The van der Waals surface area contributed by atoms with Crippen molar-refractivity contribution in [2.45, 2.75) is 11.7 Å². The zero-order valence-corrected chi connectivity index (χ0v) is 18.2. The summed E-state index contributed by atoms with van der Waals surface area (Å²) in [5.41, 5.74) is -1.69. The van der Waals surface area contributed by atoms with Gasteiger partial charge in [-0.15, -0.1) is 0 Å². The van der Waals surface area contributed by atoms with E-state index in [1.165, 1.54) is 30.3 Å². The molecule has 34 heavy (non-hydrogen) atoms. The predicted molar refractivity (Wildman–Crippen MR) is 119 cm³/mol. The van der Waals surface area contributed by atoms with Gasteiger partial charge in [0.2, 0.25) is 29.0 Å². The molecule has 2 aliphatic heterocycles. The van der Waals surface area contributed by atoms with Gasteiger partial charge in [-0.05, 0) is 29.8 Å².